The van der Waals surface area contributed by atoms with E-state index in [0.29, 0.717) is 5.57 Å². The first-order chi connectivity index (χ1) is 4.22. The molecule has 0 saturated carbocycles. The molecule has 0 rings (SSSR count). The summed E-state index contributed by atoms with van der Waals surface area (Å²) in [7, 11) is 0. The monoisotopic (exact) mass is 170 g/mol. The van der Waals surface area contributed by atoms with Crippen LogP contribution in [0.1, 0.15) is 21.7 Å². The Morgan fingerprint density at radius 3 is 2.60 bits per heavy atom. The van der Waals surface area contributed by atoms with Gasteiger partial charge in [-0.3, -0.25) is 4.89 Å². The van der Waals surface area contributed by atoms with Crippen molar-refractivity contribution >= 4 is 5.97 Å². The molecule has 4 heteroatoms. The number of carbonyl (C=O) groups is 1. The molecular weight excluding hydrogens is 159 g/mol. The van der Waals surface area contributed by atoms with Gasteiger partial charge in [-0.2, -0.15) is 5.26 Å². The zero-order valence-electron chi connectivity index (χ0n) is 7.55. The van der Waals surface area contributed by atoms with Gasteiger partial charge in [-0.15, -0.1) is 0 Å². The summed E-state index contributed by atoms with van der Waals surface area (Å²) in [6.07, 6.45) is 2.44. The second kappa shape index (κ2) is 7.91. The second-order valence-electron chi connectivity index (χ2n) is 1.67. The van der Waals surface area contributed by atoms with Crippen LogP contribution in [0.4, 0.5) is 0 Å². The molecule has 0 aliphatic heterocycles. The molecule has 0 aliphatic carbocycles. The molecule has 0 radical (unpaired) electrons. The third-order valence-corrected chi connectivity index (χ3v) is 0.915. The molecule has 0 atom stereocenters. The Labute approximate surface area is 104 Å². The van der Waals surface area contributed by atoms with Gasteiger partial charge < -0.3 is 1.43 Å². The summed E-state index contributed by atoms with van der Waals surface area (Å²) in [4.78, 5) is 13.8. The van der Waals surface area contributed by atoms with Crippen molar-refractivity contribution in [3.05, 3.63) is 11.6 Å². The minimum absolute atomic E-state index is 0. The van der Waals surface area contributed by atoms with Gasteiger partial charge in [0, 0.05) is 5.57 Å². The van der Waals surface area contributed by atoms with E-state index < -0.39 is 5.97 Å². The Bertz CT molecular complexity index is 136. The maximum atomic E-state index is 10.4. The molecule has 54 valence electrons. The van der Waals surface area contributed by atoms with E-state index in [4.69, 9.17) is 5.26 Å². The molecule has 0 saturated heterocycles. The number of hydrogen-bond acceptors (Lipinski definition) is 3. The minimum atomic E-state index is -0.683. The molecule has 0 aromatic carbocycles. The number of rotatable bonds is 2. The summed E-state index contributed by atoms with van der Waals surface area (Å²) in [5, 5.41) is 7.84. The van der Waals surface area contributed by atoms with Crippen LogP contribution >= 0.6 is 0 Å². The predicted molar refractivity (Wildman–Crippen MR) is 33.9 cm³/mol. The van der Waals surface area contributed by atoms with Crippen LogP contribution < -0.4 is 51.4 Å². The van der Waals surface area contributed by atoms with Crippen LogP contribution in [-0.2, 0) is 9.68 Å². The molecule has 0 fully saturated rings. The van der Waals surface area contributed by atoms with Gasteiger partial charge >= 0.3 is 57.4 Å². The predicted octanol–water partition coefficient (Wildman–Crippen LogP) is -1.52. The third-order valence-electron chi connectivity index (χ3n) is 0.915. The summed E-state index contributed by atoms with van der Waals surface area (Å²) < 4.78 is 0. The van der Waals surface area contributed by atoms with Gasteiger partial charge in [-0.25, -0.2) is 4.79 Å². The Hall–Kier alpha value is 0.806. The zero-order chi connectivity index (χ0) is 7.28. The fourth-order valence-electron chi connectivity index (χ4n) is 0.462. The van der Waals surface area contributed by atoms with Gasteiger partial charge in [0.2, 0.25) is 0 Å². The van der Waals surface area contributed by atoms with Gasteiger partial charge in [0.05, 0.1) is 0 Å². The van der Waals surface area contributed by atoms with Crippen LogP contribution in [0.5, 0.6) is 0 Å². The molecule has 0 spiro atoms. The third kappa shape index (κ3) is 5.58. The smallest absolute Gasteiger partial charge is 1.00 e. The second-order valence-corrected chi connectivity index (χ2v) is 1.67. The first-order valence-electron chi connectivity index (χ1n) is 2.74. The summed E-state index contributed by atoms with van der Waals surface area (Å²) in [6.45, 7) is 3.48. The van der Waals surface area contributed by atoms with Crippen molar-refractivity contribution in [3.63, 3.8) is 0 Å². The quantitative estimate of drug-likeness (QED) is 0.237. The average Bonchev–Trinajstić information content (AvgIpc) is 1.87. The molecule has 0 aliphatic rings. The minimum Gasteiger partial charge on any atom is -1.00 e. The first kappa shape index (κ1) is 13.4. The summed E-state index contributed by atoms with van der Waals surface area (Å²) in [5.74, 6) is -0.683. The average molecular weight is 170 g/mol. The molecule has 0 bridgehead atoms. The first-order valence-corrected chi connectivity index (χ1v) is 2.74. The van der Waals surface area contributed by atoms with Gasteiger partial charge in [0.15, 0.2) is 0 Å². The standard InChI is InChI=1S/C6H10O3.K.H/c1-3-4-5(2)6(7)9-8;;/h4,8H,3H2,1-2H3;;/q;+1;-1. The van der Waals surface area contributed by atoms with Crippen LogP contribution in [0.25, 0.3) is 0 Å². The Morgan fingerprint density at radius 2 is 2.30 bits per heavy atom. The van der Waals surface area contributed by atoms with Crippen molar-refractivity contribution in [2.24, 2.45) is 0 Å². The van der Waals surface area contributed by atoms with E-state index in [1.54, 1.807) is 13.0 Å². The molecule has 3 nitrogen and oxygen atoms in total. The van der Waals surface area contributed by atoms with Crippen molar-refractivity contribution in [1.29, 1.82) is 0 Å². The van der Waals surface area contributed by atoms with E-state index in [0.717, 1.165) is 6.42 Å². The van der Waals surface area contributed by atoms with Gasteiger partial charge in [0.25, 0.3) is 0 Å². The topological polar surface area (TPSA) is 46.5 Å². The zero-order valence-corrected chi connectivity index (χ0v) is 9.67. The number of allylic oxidation sites excluding steroid dienone is 1. The molecule has 0 unspecified atom stereocenters. The molecule has 1 N–H and O–H groups in total. The SMILES string of the molecule is CCC=C(C)C(=O)OO.[H-].[K+]. The van der Waals surface area contributed by atoms with Gasteiger partial charge in [-0.1, -0.05) is 13.0 Å². The molecule has 10 heavy (non-hydrogen) atoms. The molecule has 0 amide bonds. The maximum Gasteiger partial charge on any atom is 1.00 e. The van der Waals surface area contributed by atoms with Crippen molar-refractivity contribution < 1.29 is 67.8 Å². The van der Waals surface area contributed by atoms with E-state index >= 15 is 0 Å². The van der Waals surface area contributed by atoms with E-state index in [2.05, 4.69) is 4.89 Å². The Morgan fingerprint density at radius 1 is 1.80 bits per heavy atom. The molecular formula is C6H11KO3. The molecule has 0 heterocycles. The van der Waals surface area contributed by atoms with Crippen LogP contribution in [0, 0.1) is 0 Å². The van der Waals surface area contributed by atoms with E-state index in [9.17, 15) is 4.79 Å². The van der Waals surface area contributed by atoms with Crippen molar-refractivity contribution in [1.82, 2.24) is 0 Å². The summed E-state index contributed by atoms with van der Waals surface area (Å²) in [5.41, 5.74) is 0.431. The molecule has 0 aromatic heterocycles. The van der Waals surface area contributed by atoms with Crippen molar-refractivity contribution in [2.75, 3.05) is 0 Å². The fraction of sp³-hybridized carbons (Fsp3) is 0.500. The van der Waals surface area contributed by atoms with Crippen LogP contribution in [0.15, 0.2) is 11.6 Å². The van der Waals surface area contributed by atoms with Crippen LogP contribution in [0.2, 0.25) is 0 Å². The van der Waals surface area contributed by atoms with Crippen molar-refractivity contribution in [2.45, 2.75) is 20.3 Å². The maximum absolute atomic E-state index is 10.4. The number of hydrogen-bond donors (Lipinski definition) is 1. The molecule has 0 aromatic rings. The normalized spacial score (nSPS) is 10.1. The summed E-state index contributed by atoms with van der Waals surface area (Å²) >= 11 is 0. The fourth-order valence-corrected chi connectivity index (χ4v) is 0.462. The Balaban J connectivity index is -0.000000320. The van der Waals surface area contributed by atoms with Gasteiger partial charge in [0.1, 0.15) is 0 Å². The van der Waals surface area contributed by atoms with E-state index in [-0.39, 0.29) is 52.8 Å². The Kier molecular flexibility index (Phi) is 10.6. The summed E-state index contributed by atoms with van der Waals surface area (Å²) in [6, 6.07) is 0. The van der Waals surface area contributed by atoms with Crippen LogP contribution in [0.3, 0.4) is 0 Å². The van der Waals surface area contributed by atoms with Crippen molar-refractivity contribution in [3.8, 4) is 0 Å². The van der Waals surface area contributed by atoms with Gasteiger partial charge in [-0.05, 0) is 13.3 Å². The van der Waals surface area contributed by atoms with E-state index in [1.165, 1.54) is 0 Å². The van der Waals surface area contributed by atoms with E-state index in [1.807, 2.05) is 6.92 Å². The number of carbonyl (C=O) groups excluding carboxylic acids is 1. The largest absolute Gasteiger partial charge is 1.00 e. The van der Waals surface area contributed by atoms with Crippen LogP contribution in [-0.4, -0.2) is 11.2 Å².